The lowest BCUT2D eigenvalue weighted by Gasteiger charge is -2.31. The Bertz CT molecular complexity index is 971. The van der Waals surface area contributed by atoms with Crippen molar-refractivity contribution < 1.29 is 0 Å². The fraction of sp³-hybridized carbons (Fsp3) is 0.333. The first-order valence-corrected chi connectivity index (χ1v) is 9.68. The number of benzene rings is 2. The Morgan fingerprint density at radius 1 is 1.07 bits per heavy atom. The van der Waals surface area contributed by atoms with E-state index in [9.17, 15) is 4.79 Å². The molecule has 3 aromatic rings. The molecule has 0 spiro atoms. The number of hydrogen-bond donors (Lipinski definition) is 0. The van der Waals surface area contributed by atoms with Crippen molar-refractivity contribution in [3.8, 4) is 5.69 Å². The van der Waals surface area contributed by atoms with Crippen LogP contribution in [0.5, 0.6) is 0 Å². The summed E-state index contributed by atoms with van der Waals surface area (Å²) < 4.78 is 3.21. The highest BCUT2D eigenvalue weighted by atomic mass is 35.5. The SMILES string of the molecule is Cn1nc(C2CCN(Cc3cccc(Cl)c3)CC2)n(-c2ccccc2)c1=O. The van der Waals surface area contributed by atoms with Crippen LogP contribution in [-0.2, 0) is 13.6 Å². The number of aromatic nitrogens is 3. The number of nitrogens with zero attached hydrogens (tertiary/aromatic N) is 4. The van der Waals surface area contributed by atoms with Crippen molar-refractivity contribution in [3.05, 3.63) is 81.5 Å². The molecular formula is C21H23ClN4O. The van der Waals surface area contributed by atoms with E-state index in [-0.39, 0.29) is 11.6 Å². The van der Waals surface area contributed by atoms with Crippen LogP contribution >= 0.6 is 11.6 Å². The fourth-order valence-corrected chi connectivity index (χ4v) is 4.02. The highest BCUT2D eigenvalue weighted by Gasteiger charge is 2.26. The number of halogens is 1. The van der Waals surface area contributed by atoms with Crippen molar-refractivity contribution in [2.45, 2.75) is 25.3 Å². The van der Waals surface area contributed by atoms with Gasteiger partial charge in [-0.15, -0.1) is 0 Å². The Morgan fingerprint density at radius 3 is 2.52 bits per heavy atom. The normalized spacial score (nSPS) is 15.9. The molecule has 1 aliphatic heterocycles. The van der Waals surface area contributed by atoms with Gasteiger partial charge < -0.3 is 0 Å². The lowest BCUT2D eigenvalue weighted by atomic mass is 9.95. The Hall–Kier alpha value is -2.37. The van der Waals surface area contributed by atoms with Crippen molar-refractivity contribution in [2.24, 2.45) is 7.05 Å². The lowest BCUT2D eigenvalue weighted by molar-refractivity contribution is 0.201. The predicted molar refractivity (Wildman–Crippen MR) is 108 cm³/mol. The number of aryl methyl sites for hydroxylation is 1. The first kappa shape index (κ1) is 18.0. The molecule has 1 aromatic heterocycles. The van der Waals surface area contributed by atoms with Crippen LogP contribution in [0.1, 0.15) is 30.1 Å². The minimum atomic E-state index is -0.0856. The molecule has 1 fully saturated rings. The van der Waals surface area contributed by atoms with Crippen molar-refractivity contribution in [1.29, 1.82) is 0 Å². The van der Waals surface area contributed by atoms with Crippen molar-refractivity contribution in [2.75, 3.05) is 13.1 Å². The van der Waals surface area contributed by atoms with Gasteiger partial charge in [0.25, 0.3) is 0 Å². The molecule has 0 unspecified atom stereocenters. The van der Waals surface area contributed by atoms with Crippen LogP contribution in [0.25, 0.3) is 5.69 Å². The molecule has 140 valence electrons. The number of likely N-dealkylation sites (tertiary alicyclic amines) is 1. The first-order valence-electron chi connectivity index (χ1n) is 9.30. The first-order chi connectivity index (χ1) is 13.1. The third-order valence-electron chi connectivity index (χ3n) is 5.21. The van der Waals surface area contributed by atoms with E-state index in [0.29, 0.717) is 0 Å². The van der Waals surface area contributed by atoms with Crippen LogP contribution in [0.4, 0.5) is 0 Å². The van der Waals surface area contributed by atoms with E-state index in [1.807, 2.05) is 48.5 Å². The second-order valence-corrected chi connectivity index (χ2v) is 7.55. The summed E-state index contributed by atoms with van der Waals surface area (Å²) in [5.74, 6) is 1.16. The number of para-hydroxylation sites is 1. The third-order valence-corrected chi connectivity index (χ3v) is 5.45. The van der Waals surface area contributed by atoms with Gasteiger partial charge in [-0.2, -0.15) is 5.10 Å². The van der Waals surface area contributed by atoms with E-state index in [1.165, 1.54) is 10.2 Å². The van der Waals surface area contributed by atoms with Gasteiger partial charge in [0.1, 0.15) is 5.82 Å². The largest absolute Gasteiger partial charge is 0.350 e. The van der Waals surface area contributed by atoms with Gasteiger partial charge in [-0.05, 0) is 55.8 Å². The van der Waals surface area contributed by atoms with E-state index >= 15 is 0 Å². The van der Waals surface area contributed by atoms with Gasteiger partial charge in [-0.25, -0.2) is 14.0 Å². The van der Waals surface area contributed by atoms with Crippen molar-refractivity contribution >= 4 is 11.6 Å². The van der Waals surface area contributed by atoms with E-state index in [0.717, 1.165) is 49.0 Å². The van der Waals surface area contributed by atoms with Crippen LogP contribution in [0.3, 0.4) is 0 Å². The van der Waals surface area contributed by atoms with E-state index in [2.05, 4.69) is 16.1 Å². The molecule has 27 heavy (non-hydrogen) atoms. The van der Waals surface area contributed by atoms with Crippen LogP contribution in [0.2, 0.25) is 5.02 Å². The zero-order chi connectivity index (χ0) is 18.8. The van der Waals surface area contributed by atoms with E-state index in [1.54, 1.807) is 11.6 Å². The summed E-state index contributed by atoms with van der Waals surface area (Å²) >= 11 is 6.10. The summed E-state index contributed by atoms with van der Waals surface area (Å²) in [6.45, 7) is 2.87. The maximum atomic E-state index is 12.6. The van der Waals surface area contributed by atoms with Crippen LogP contribution in [-0.4, -0.2) is 32.3 Å². The zero-order valence-electron chi connectivity index (χ0n) is 15.4. The summed E-state index contributed by atoms with van der Waals surface area (Å²) in [7, 11) is 1.72. The molecule has 0 saturated carbocycles. The van der Waals surface area contributed by atoms with Gasteiger partial charge in [0, 0.05) is 24.5 Å². The van der Waals surface area contributed by atoms with Gasteiger partial charge in [0.15, 0.2) is 0 Å². The molecule has 6 heteroatoms. The van der Waals surface area contributed by atoms with Crippen LogP contribution in [0, 0.1) is 0 Å². The Morgan fingerprint density at radius 2 is 1.81 bits per heavy atom. The summed E-state index contributed by atoms with van der Waals surface area (Å²) in [5, 5.41) is 5.34. The lowest BCUT2D eigenvalue weighted by Crippen LogP contribution is -2.33. The topological polar surface area (TPSA) is 43.1 Å². The average molecular weight is 383 g/mol. The maximum absolute atomic E-state index is 12.6. The highest BCUT2D eigenvalue weighted by molar-refractivity contribution is 6.30. The van der Waals surface area contributed by atoms with Gasteiger partial charge in [0.05, 0.1) is 5.69 Å². The van der Waals surface area contributed by atoms with Crippen molar-refractivity contribution in [3.63, 3.8) is 0 Å². The van der Waals surface area contributed by atoms with E-state index < -0.39 is 0 Å². The molecule has 0 bridgehead atoms. The Kier molecular flexibility index (Phi) is 5.14. The summed E-state index contributed by atoms with van der Waals surface area (Å²) in [5.41, 5.74) is 2.03. The molecule has 5 nitrogen and oxygen atoms in total. The molecule has 1 saturated heterocycles. The second kappa shape index (κ2) is 7.71. The number of rotatable bonds is 4. The monoisotopic (exact) mass is 382 g/mol. The molecule has 2 aromatic carbocycles. The third kappa shape index (κ3) is 3.84. The molecule has 0 radical (unpaired) electrons. The summed E-state index contributed by atoms with van der Waals surface area (Å²) in [6.07, 6.45) is 1.98. The number of piperidine rings is 1. The highest BCUT2D eigenvalue weighted by Crippen LogP contribution is 2.28. The molecule has 0 aliphatic carbocycles. The molecule has 0 N–H and O–H groups in total. The fourth-order valence-electron chi connectivity index (χ4n) is 3.81. The van der Waals surface area contributed by atoms with Gasteiger partial charge in [-0.1, -0.05) is 41.9 Å². The van der Waals surface area contributed by atoms with Gasteiger partial charge in [-0.3, -0.25) is 4.90 Å². The minimum absolute atomic E-state index is 0.0856. The zero-order valence-corrected chi connectivity index (χ0v) is 16.1. The van der Waals surface area contributed by atoms with Gasteiger partial charge >= 0.3 is 5.69 Å². The molecule has 2 heterocycles. The number of hydrogen-bond acceptors (Lipinski definition) is 3. The maximum Gasteiger partial charge on any atom is 0.350 e. The molecular weight excluding hydrogens is 360 g/mol. The quantitative estimate of drug-likeness (QED) is 0.692. The molecule has 4 rings (SSSR count). The standard InChI is InChI=1S/C21H23ClN4O/c1-24-21(27)26(19-8-3-2-4-9-19)20(23-24)17-10-12-25(13-11-17)15-16-6-5-7-18(22)14-16/h2-9,14,17H,10-13,15H2,1H3. The van der Waals surface area contributed by atoms with Crippen LogP contribution < -0.4 is 5.69 Å². The smallest absolute Gasteiger partial charge is 0.299 e. The molecule has 0 atom stereocenters. The molecule has 0 amide bonds. The van der Waals surface area contributed by atoms with E-state index in [4.69, 9.17) is 11.6 Å². The summed E-state index contributed by atoms with van der Waals surface area (Å²) in [6, 6.07) is 17.8. The van der Waals surface area contributed by atoms with Crippen LogP contribution in [0.15, 0.2) is 59.4 Å². The predicted octanol–water partition coefficient (Wildman–Crippen LogP) is 3.60. The van der Waals surface area contributed by atoms with Crippen molar-refractivity contribution in [1.82, 2.24) is 19.2 Å². The Balaban J connectivity index is 1.50. The Labute approximate surface area is 163 Å². The average Bonchev–Trinajstić information content (AvgIpc) is 2.98. The van der Waals surface area contributed by atoms with Gasteiger partial charge in [0.2, 0.25) is 0 Å². The minimum Gasteiger partial charge on any atom is -0.299 e. The summed E-state index contributed by atoms with van der Waals surface area (Å²) in [4.78, 5) is 15.1. The molecule has 1 aliphatic rings. The second-order valence-electron chi connectivity index (χ2n) is 7.12.